The second kappa shape index (κ2) is 7.28. The monoisotopic (exact) mass is 280 g/mol. The summed E-state index contributed by atoms with van der Waals surface area (Å²) in [6.07, 6.45) is 6.34. The third kappa shape index (κ3) is 3.72. The molecule has 0 radical (unpaired) electrons. The molecule has 0 bridgehead atoms. The number of aromatic nitrogens is 2. The molecule has 20 heavy (non-hydrogen) atoms. The molecular weight excluding hydrogens is 256 g/mol. The van der Waals surface area contributed by atoms with Gasteiger partial charge in [-0.15, -0.1) is 0 Å². The van der Waals surface area contributed by atoms with E-state index in [4.69, 9.17) is 4.74 Å². The number of hydrogen-bond acceptors (Lipinski definition) is 4. The summed E-state index contributed by atoms with van der Waals surface area (Å²) < 4.78 is 5.03. The normalized spacial score (nSPS) is 18.0. The van der Waals surface area contributed by atoms with Crippen molar-refractivity contribution in [1.82, 2.24) is 20.2 Å². The van der Waals surface area contributed by atoms with Gasteiger partial charge >= 0.3 is 6.09 Å². The van der Waals surface area contributed by atoms with Crippen molar-refractivity contribution in [2.24, 2.45) is 0 Å². The molecular formula is C14H24N4O2. The van der Waals surface area contributed by atoms with E-state index in [0.717, 1.165) is 38.2 Å². The van der Waals surface area contributed by atoms with Crippen LogP contribution in [0.25, 0.3) is 0 Å². The molecule has 2 heterocycles. The van der Waals surface area contributed by atoms with Gasteiger partial charge in [0.25, 0.3) is 0 Å². The molecule has 1 aliphatic heterocycles. The number of aromatic amines is 1. The number of nitrogens with zero attached hydrogens (tertiary/aromatic N) is 2. The van der Waals surface area contributed by atoms with E-state index in [9.17, 15) is 4.79 Å². The Labute approximate surface area is 119 Å². The highest BCUT2D eigenvalue weighted by Gasteiger charge is 2.25. The summed E-state index contributed by atoms with van der Waals surface area (Å²) in [6, 6.07) is 0.680. The minimum absolute atomic E-state index is 0.191. The summed E-state index contributed by atoms with van der Waals surface area (Å²) in [4.78, 5) is 20.9. The van der Waals surface area contributed by atoms with Crippen LogP contribution in [0.4, 0.5) is 4.79 Å². The van der Waals surface area contributed by atoms with Crippen molar-refractivity contribution in [3.05, 3.63) is 18.2 Å². The maximum Gasteiger partial charge on any atom is 0.409 e. The van der Waals surface area contributed by atoms with Crippen LogP contribution >= 0.6 is 0 Å². The SMILES string of the molecule is CCOC(=O)N1CCC(NC(CC)c2ncc[nH]2)CC1. The molecule has 2 N–H and O–H groups in total. The molecule has 1 aromatic heterocycles. The summed E-state index contributed by atoms with van der Waals surface area (Å²) in [7, 11) is 0. The van der Waals surface area contributed by atoms with Crippen molar-refractivity contribution >= 4 is 6.09 Å². The van der Waals surface area contributed by atoms with E-state index < -0.39 is 0 Å². The minimum Gasteiger partial charge on any atom is -0.450 e. The molecule has 0 aromatic carbocycles. The van der Waals surface area contributed by atoms with E-state index in [1.807, 2.05) is 13.1 Å². The van der Waals surface area contributed by atoms with E-state index >= 15 is 0 Å². The molecule has 112 valence electrons. The lowest BCUT2D eigenvalue weighted by molar-refractivity contribution is 0.0940. The summed E-state index contributed by atoms with van der Waals surface area (Å²) in [5, 5.41) is 3.63. The van der Waals surface area contributed by atoms with Crippen LogP contribution in [-0.2, 0) is 4.74 Å². The predicted octanol–water partition coefficient (Wildman–Crippen LogP) is 2.07. The van der Waals surface area contributed by atoms with E-state index in [2.05, 4.69) is 22.2 Å². The first-order chi connectivity index (χ1) is 9.74. The van der Waals surface area contributed by atoms with Crippen molar-refractivity contribution in [3.63, 3.8) is 0 Å². The van der Waals surface area contributed by atoms with Crippen LogP contribution in [0.15, 0.2) is 12.4 Å². The Morgan fingerprint density at radius 2 is 2.30 bits per heavy atom. The highest BCUT2D eigenvalue weighted by molar-refractivity contribution is 5.67. The lowest BCUT2D eigenvalue weighted by Crippen LogP contribution is -2.46. The van der Waals surface area contributed by atoms with Crippen molar-refractivity contribution < 1.29 is 9.53 Å². The van der Waals surface area contributed by atoms with Crippen LogP contribution < -0.4 is 5.32 Å². The number of likely N-dealkylation sites (tertiary alicyclic amines) is 1. The number of carbonyl (C=O) groups is 1. The smallest absolute Gasteiger partial charge is 0.409 e. The Morgan fingerprint density at radius 3 is 2.85 bits per heavy atom. The summed E-state index contributed by atoms with van der Waals surface area (Å²) in [6.45, 7) is 5.93. The Hall–Kier alpha value is -1.56. The Kier molecular flexibility index (Phi) is 5.40. The maximum absolute atomic E-state index is 11.6. The van der Waals surface area contributed by atoms with Gasteiger partial charge in [-0.2, -0.15) is 0 Å². The first-order valence-electron chi connectivity index (χ1n) is 7.41. The molecule has 1 aliphatic rings. The Morgan fingerprint density at radius 1 is 1.55 bits per heavy atom. The van der Waals surface area contributed by atoms with Crippen molar-refractivity contribution in [2.45, 2.75) is 45.2 Å². The van der Waals surface area contributed by atoms with Gasteiger partial charge in [0.15, 0.2) is 0 Å². The Balaban J connectivity index is 1.80. The molecule has 1 atom stereocenters. The van der Waals surface area contributed by atoms with Gasteiger partial charge in [-0.3, -0.25) is 0 Å². The van der Waals surface area contributed by atoms with Crippen LogP contribution in [0.2, 0.25) is 0 Å². The molecule has 0 spiro atoms. The molecule has 0 aliphatic carbocycles. The second-order valence-electron chi connectivity index (χ2n) is 5.06. The van der Waals surface area contributed by atoms with Crippen LogP contribution in [0.3, 0.4) is 0 Å². The maximum atomic E-state index is 11.6. The van der Waals surface area contributed by atoms with Crippen LogP contribution in [-0.4, -0.2) is 46.7 Å². The number of carbonyl (C=O) groups excluding carboxylic acids is 1. The van der Waals surface area contributed by atoms with E-state index in [-0.39, 0.29) is 12.1 Å². The number of amides is 1. The molecule has 0 saturated carbocycles. The van der Waals surface area contributed by atoms with Crippen LogP contribution in [0.5, 0.6) is 0 Å². The number of nitrogens with one attached hydrogen (secondary N) is 2. The van der Waals surface area contributed by atoms with E-state index in [1.54, 1.807) is 11.1 Å². The zero-order valence-electron chi connectivity index (χ0n) is 12.3. The predicted molar refractivity (Wildman–Crippen MR) is 76.4 cm³/mol. The van der Waals surface area contributed by atoms with E-state index in [0.29, 0.717) is 12.6 Å². The van der Waals surface area contributed by atoms with Gasteiger partial charge in [-0.1, -0.05) is 6.92 Å². The largest absolute Gasteiger partial charge is 0.450 e. The fourth-order valence-electron chi connectivity index (χ4n) is 2.59. The van der Waals surface area contributed by atoms with Crippen LogP contribution in [0.1, 0.15) is 45.0 Å². The minimum atomic E-state index is -0.191. The van der Waals surface area contributed by atoms with Gasteiger partial charge in [0.05, 0.1) is 12.6 Å². The summed E-state index contributed by atoms with van der Waals surface area (Å²) in [5.41, 5.74) is 0. The third-order valence-corrected chi connectivity index (χ3v) is 3.72. The fraction of sp³-hybridized carbons (Fsp3) is 0.714. The second-order valence-corrected chi connectivity index (χ2v) is 5.06. The summed E-state index contributed by atoms with van der Waals surface area (Å²) in [5.74, 6) is 0.986. The average molecular weight is 280 g/mol. The van der Waals surface area contributed by atoms with Gasteiger partial charge in [-0.25, -0.2) is 9.78 Å². The quantitative estimate of drug-likeness (QED) is 0.866. The third-order valence-electron chi connectivity index (χ3n) is 3.72. The van der Waals surface area contributed by atoms with Gasteiger partial charge in [-0.05, 0) is 26.2 Å². The topological polar surface area (TPSA) is 70.2 Å². The Bertz CT molecular complexity index is 399. The molecule has 1 saturated heterocycles. The number of rotatable bonds is 5. The van der Waals surface area contributed by atoms with Crippen LogP contribution in [0, 0.1) is 0 Å². The van der Waals surface area contributed by atoms with Gasteiger partial charge < -0.3 is 19.9 Å². The van der Waals surface area contributed by atoms with Gasteiger partial charge in [0, 0.05) is 31.5 Å². The lowest BCUT2D eigenvalue weighted by atomic mass is 10.0. The molecule has 6 heteroatoms. The van der Waals surface area contributed by atoms with Crippen molar-refractivity contribution in [2.75, 3.05) is 19.7 Å². The number of H-pyrrole nitrogens is 1. The highest BCUT2D eigenvalue weighted by Crippen LogP contribution is 2.18. The van der Waals surface area contributed by atoms with Crippen molar-refractivity contribution in [1.29, 1.82) is 0 Å². The molecule has 1 fully saturated rings. The number of piperidine rings is 1. The number of hydrogen-bond donors (Lipinski definition) is 2. The molecule has 1 unspecified atom stereocenters. The standard InChI is InChI=1S/C14H24N4O2/c1-3-12(13-15-7-8-16-13)17-11-5-9-18(10-6-11)14(19)20-4-2/h7-8,11-12,17H,3-6,9-10H2,1-2H3,(H,15,16). The van der Waals surface area contributed by atoms with E-state index in [1.165, 1.54) is 0 Å². The van der Waals surface area contributed by atoms with Gasteiger partial charge in [0.1, 0.15) is 5.82 Å². The summed E-state index contributed by atoms with van der Waals surface area (Å²) >= 11 is 0. The first kappa shape index (κ1) is 14.8. The van der Waals surface area contributed by atoms with Gasteiger partial charge in [0.2, 0.25) is 0 Å². The number of imidazole rings is 1. The number of ether oxygens (including phenoxy) is 1. The zero-order chi connectivity index (χ0) is 14.4. The fourth-order valence-corrected chi connectivity index (χ4v) is 2.59. The lowest BCUT2D eigenvalue weighted by Gasteiger charge is -2.33. The highest BCUT2D eigenvalue weighted by atomic mass is 16.6. The molecule has 2 rings (SSSR count). The van der Waals surface area contributed by atoms with Crippen molar-refractivity contribution in [3.8, 4) is 0 Å². The molecule has 6 nitrogen and oxygen atoms in total. The molecule has 1 amide bonds. The molecule has 1 aromatic rings. The zero-order valence-corrected chi connectivity index (χ0v) is 12.3. The first-order valence-corrected chi connectivity index (χ1v) is 7.41. The average Bonchev–Trinajstić information content (AvgIpc) is 2.99.